The quantitative estimate of drug-likeness (QED) is 0.416. The molecule has 1 N–H and O–H groups in total. The van der Waals surface area contributed by atoms with E-state index < -0.39 is 4.92 Å². The number of hydrogen-bond donors (Lipinski definition) is 1. The third-order valence-electron chi connectivity index (χ3n) is 4.82. The summed E-state index contributed by atoms with van der Waals surface area (Å²) in [4.78, 5) is 23.0. The summed E-state index contributed by atoms with van der Waals surface area (Å²) in [6.45, 7) is 4.28. The lowest BCUT2D eigenvalue weighted by Gasteiger charge is -2.09. The molecule has 0 aliphatic carbocycles. The molecule has 0 saturated carbocycles. The smallest absolute Gasteiger partial charge is 0.312 e. The van der Waals surface area contributed by atoms with Gasteiger partial charge in [-0.25, -0.2) is 0 Å². The number of aromatic nitrogens is 2. The van der Waals surface area contributed by atoms with Crippen LogP contribution in [0.3, 0.4) is 0 Å². The van der Waals surface area contributed by atoms with Crippen LogP contribution >= 0.6 is 0 Å². The van der Waals surface area contributed by atoms with Crippen LogP contribution in [0.1, 0.15) is 27.3 Å². The van der Waals surface area contributed by atoms with Gasteiger partial charge in [-0.05, 0) is 55.8 Å². The molecule has 1 amide bonds. The van der Waals surface area contributed by atoms with Crippen molar-refractivity contribution < 1.29 is 19.2 Å². The van der Waals surface area contributed by atoms with Gasteiger partial charge in [0.15, 0.2) is 0 Å². The SMILES string of the molecule is COc1ccc(OCc2ccc(C(=O)NCCn3nc(C)c([N+](=O)[O-])c3C)cc2)cc1. The molecule has 0 aliphatic heterocycles. The van der Waals surface area contributed by atoms with Crippen molar-refractivity contribution in [1.29, 1.82) is 0 Å². The Morgan fingerprint density at radius 2 is 1.74 bits per heavy atom. The molecule has 0 radical (unpaired) electrons. The predicted octanol–water partition coefficient (Wildman–Crippen LogP) is 3.43. The predicted molar refractivity (Wildman–Crippen MR) is 114 cm³/mol. The van der Waals surface area contributed by atoms with Gasteiger partial charge in [-0.1, -0.05) is 12.1 Å². The van der Waals surface area contributed by atoms with E-state index in [9.17, 15) is 14.9 Å². The molecule has 3 rings (SSSR count). The van der Waals surface area contributed by atoms with Gasteiger partial charge in [-0.15, -0.1) is 0 Å². The Labute approximate surface area is 179 Å². The first-order chi connectivity index (χ1) is 14.9. The topological polar surface area (TPSA) is 109 Å². The lowest BCUT2D eigenvalue weighted by molar-refractivity contribution is -0.386. The monoisotopic (exact) mass is 424 g/mol. The van der Waals surface area contributed by atoms with E-state index in [2.05, 4.69) is 10.4 Å². The number of carbonyl (C=O) groups is 1. The zero-order valence-corrected chi connectivity index (χ0v) is 17.6. The molecule has 162 valence electrons. The minimum Gasteiger partial charge on any atom is -0.497 e. The number of benzene rings is 2. The highest BCUT2D eigenvalue weighted by atomic mass is 16.6. The van der Waals surface area contributed by atoms with Gasteiger partial charge in [-0.2, -0.15) is 5.10 Å². The molecule has 9 heteroatoms. The van der Waals surface area contributed by atoms with Crippen molar-refractivity contribution >= 4 is 11.6 Å². The van der Waals surface area contributed by atoms with Crippen molar-refractivity contribution in [3.05, 3.63) is 81.2 Å². The molecular weight excluding hydrogens is 400 g/mol. The maximum Gasteiger partial charge on any atom is 0.312 e. The number of nitrogens with one attached hydrogen (secondary N) is 1. The van der Waals surface area contributed by atoms with Crippen LogP contribution in [0.4, 0.5) is 5.69 Å². The highest BCUT2D eigenvalue weighted by Crippen LogP contribution is 2.21. The fraction of sp³-hybridized carbons (Fsp3) is 0.273. The number of nitrogens with zero attached hydrogens (tertiary/aromatic N) is 3. The molecule has 0 spiro atoms. The Hall–Kier alpha value is -3.88. The average molecular weight is 424 g/mol. The number of ether oxygens (including phenoxy) is 2. The number of nitro groups is 1. The fourth-order valence-electron chi connectivity index (χ4n) is 3.14. The normalized spacial score (nSPS) is 10.5. The van der Waals surface area contributed by atoms with E-state index in [0.29, 0.717) is 36.6 Å². The van der Waals surface area contributed by atoms with E-state index in [4.69, 9.17) is 9.47 Å². The molecule has 3 aromatic rings. The van der Waals surface area contributed by atoms with Crippen LogP contribution < -0.4 is 14.8 Å². The van der Waals surface area contributed by atoms with Crippen LogP contribution in [0.15, 0.2) is 48.5 Å². The second-order valence-electron chi connectivity index (χ2n) is 6.92. The first-order valence-electron chi connectivity index (χ1n) is 9.71. The summed E-state index contributed by atoms with van der Waals surface area (Å²) in [7, 11) is 1.61. The molecule has 31 heavy (non-hydrogen) atoms. The molecule has 1 aromatic heterocycles. The van der Waals surface area contributed by atoms with Crippen molar-refractivity contribution in [2.75, 3.05) is 13.7 Å². The van der Waals surface area contributed by atoms with Crippen molar-refractivity contribution in [2.45, 2.75) is 27.0 Å². The number of hydrogen-bond acceptors (Lipinski definition) is 6. The van der Waals surface area contributed by atoms with E-state index in [0.717, 1.165) is 17.1 Å². The van der Waals surface area contributed by atoms with E-state index in [1.807, 2.05) is 36.4 Å². The van der Waals surface area contributed by atoms with Gasteiger partial charge >= 0.3 is 5.69 Å². The first-order valence-corrected chi connectivity index (χ1v) is 9.71. The Balaban J connectivity index is 1.50. The van der Waals surface area contributed by atoms with Crippen LogP contribution in [0.2, 0.25) is 0 Å². The van der Waals surface area contributed by atoms with Crippen LogP contribution in [-0.4, -0.2) is 34.3 Å². The molecule has 0 saturated heterocycles. The second kappa shape index (κ2) is 9.75. The summed E-state index contributed by atoms with van der Waals surface area (Å²) in [5.74, 6) is 1.27. The number of aryl methyl sites for hydroxylation is 1. The fourth-order valence-corrected chi connectivity index (χ4v) is 3.14. The zero-order chi connectivity index (χ0) is 22.4. The Morgan fingerprint density at radius 1 is 1.10 bits per heavy atom. The first kappa shape index (κ1) is 21.8. The number of rotatable bonds is 9. The van der Waals surface area contributed by atoms with Crippen LogP contribution in [-0.2, 0) is 13.2 Å². The summed E-state index contributed by atoms with van der Waals surface area (Å²) in [6, 6.07) is 14.5. The zero-order valence-electron chi connectivity index (χ0n) is 17.6. The Kier molecular flexibility index (Phi) is 6.86. The van der Waals surface area contributed by atoms with Gasteiger partial charge < -0.3 is 14.8 Å². The minimum absolute atomic E-state index is 0.0128. The Bertz CT molecular complexity index is 1060. The molecule has 0 bridgehead atoms. The van der Waals surface area contributed by atoms with Gasteiger partial charge in [0.2, 0.25) is 0 Å². The maximum atomic E-state index is 12.4. The molecule has 2 aromatic carbocycles. The molecule has 0 fully saturated rings. The minimum atomic E-state index is -0.438. The standard InChI is InChI=1S/C22H24N4O5/c1-15-21(26(28)29)16(2)25(24-15)13-12-23-22(27)18-6-4-17(5-7-18)14-31-20-10-8-19(30-3)9-11-20/h4-11H,12-14H2,1-3H3,(H,23,27). The highest BCUT2D eigenvalue weighted by Gasteiger charge is 2.21. The number of methoxy groups -OCH3 is 1. The van der Waals surface area contributed by atoms with Gasteiger partial charge in [0.1, 0.15) is 29.5 Å². The Morgan fingerprint density at radius 3 is 2.32 bits per heavy atom. The van der Waals surface area contributed by atoms with Crippen molar-refractivity contribution in [1.82, 2.24) is 15.1 Å². The highest BCUT2D eigenvalue weighted by molar-refractivity contribution is 5.94. The van der Waals surface area contributed by atoms with E-state index >= 15 is 0 Å². The lowest BCUT2D eigenvalue weighted by Crippen LogP contribution is -2.27. The lowest BCUT2D eigenvalue weighted by atomic mass is 10.1. The molecule has 1 heterocycles. The van der Waals surface area contributed by atoms with Crippen LogP contribution in [0, 0.1) is 24.0 Å². The largest absolute Gasteiger partial charge is 0.497 e. The summed E-state index contributed by atoms with van der Waals surface area (Å²) < 4.78 is 12.4. The van der Waals surface area contributed by atoms with Crippen LogP contribution in [0.25, 0.3) is 0 Å². The van der Waals surface area contributed by atoms with E-state index in [1.165, 1.54) is 4.68 Å². The van der Waals surface area contributed by atoms with Gasteiger partial charge in [0.25, 0.3) is 5.91 Å². The molecule has 9 nitrogen and oxygen atoms in total. The maximum absolute atomic E-state index is 12.4. The summed E-state index contributed by atoms with van der Waals surface area (Å²) >= 11 is 0. The number of carbonyl (C=O) groups excluding carboxylic acids is 1. The summed E-state index contributed by atoms with van der Waals surface area (Å²) in [5, 5.41) is 18.1. The summed E-state index contributed by atoms with van der Waals surface area (Å²) in [5.41, 5.74) is 2.30. The van der Waals surface area contributed by atoms with Gasteiger partial charge in [0, 0.05) is 12.1 Å². The van der Waals surface area contributed by atoms with E-state index in [-0.39, 0.29) is 11.6 Å². The van der Waals surface area contributed by atoms with Gasteiger partial charge in [0.05, 0.1) is 18.6 Å². The molecule has 0 atom stereocenters. The van der Waals surface area contributed by atoms with E-state index in [1.54, 1.807) is 33.1 Å². The van der Waals surface area contributed by atoms with Crippen molar-refractivity contribution in [3.63, 3.8) is 0 Å². The van der Waals surface area contributed by atoms with Crippen molar-refractivity contribution in [3.8, 4) is 11.5 Å². The van der Waals surface area contributed by atoms with Gasteiger partial charge in [-0.3, -0.25) is 19.6 Å². The summed E-state index contributed by atoms with van der Waals surface area (Å²) in [6.07, 6.45) is 0. The average Bonchev–Trinajstić information content (AvgIpc) is 3.06. The molecule has 0 aliphatic rings. The number of amides is 1. The van der Waals surface area contributed by atoms with Crippen molar-refractivity contribution in [2.24, 2.45) is 0 Å². The van der Waals surface area contributed by atoms with Crippen LogP contribution in [0.5, 0.6) is 11.5 Å². The molecular formula is C22H24N4O5. The third-order valence-corrected chi connectivity index (χ3v) is 4.82. The third kappa shape index (κ3) is 5.39. The second-order valence-corrected chi connectivity index (χ2v) is 6.92. The molecule has 0 unspecified atom stereocenters.